The number of hydrogen-bond donors (Lipinski definition) is 1. The summed E-state index contributed by atoms with van der Waals surface area (Å²) in [7, 11) is 0. The monoisotopic (exact) mass is 871 g/mol. The van der Waals surface area contributed by atoms with Gasteiger partial charge in [0.25, 0.3) is 0 Å². The Balaban J connectivity index is 3.42. The second kappa shape index (κ2) is 53.5. The molecule has 0 rings (SSSR count). The van der Waals surface area contributed by atoms with Gasteiger partial charge in [0.05, 0.1) is 6.61 Å². The summed E-state index contributed by atoms with van der Waals surface area (Å²) in [5.74, 6) is -0.586. The summed E-state index contributed by atoms with van der Waals surface area (Å²) >= 11 is 0. The third-order valence-corrected chi connectivity index (χ3v) is 12.4. The molecule has 62 heavy (non-hydrogen) atoms. The van der Waals surface area contributed by atoms with E-state index in [1.165, 1.54) is 218 Å². The number of esters is 2. The Morgan fingerprint density at radius 2 is 0.645 bits per heavy atom. The molecule has 5 nitrogen and oxygen atoms in total. The molecule has 0 saturated carbocycles. The van der Waals surface area contributed by atoms with E-state index in [1.807, 2.05) is 0 Å². The summed E-state index contributed by atoms with van der Waals surface area (Å²) in [6.45, 7) is 4.14. The van der Waals surface area contributed by atoms with Crippen molar-refractivity contribution in [2.24, 2.45) is 0 Å². The Hall–Kier alpha value is -1.88. The number of unbranched alkanes of at least 4 members (excludes halogenated alkanes) is 37. The minimum atomic E-state index is -0.774. The molecule has 364 valence electrons. The van der Waals surface area contributed by atoms with Gasteiger partial charge in [-0.1, -0.05) is 249 Å². The van der Waals surface area contributed by atoms with Crippen LogP contribution in [0.15, 0.2) is 36.5 Å². The van der Waals surface area contributed by atoms with Gasteiger partial charge >= 0.3 is 11.9 Å². The Morgan fingerprint density at radius 1 is 0.371 bits per heavy atom. The second-order valence-electron chi connectivity index (χ2n) is 18.7. The molecule has 1 N–H and O–H groups in total. The van der Waals surface area contributed by atoms with Crippen LogP contribution in [0.1, 0.15) is 296 Å². The summed E-state index contributed by atoms with van der Waals surface area (Å²) in [6.07, 6.45) is 68.3. The van der Waals surface area contributed by atoms with Gasteiger partial charge in [0.1, 0.15) is 6.61 Å². The predicted molar refractivity (Wildman–Crippen MR) is 270 cm³/mol. The van der Waals surface area contributed by atoms with Crippen molar-refractivity contribution in [2.45, 2.75) is 302 Å². The third-order valence-electron chi connectivity index (χ3n) is 12.4. The second-order valence-corrected chi connectivity index (χ2v) is 18.7. The molecule has 1 unspecified atom stereocenters. The van der Waals surface area contributed by atoms with E-state index in [1.54, 1.807) is 0 Å². The van der Waals surface area contributed by atoms with E-state index in [0.717, 1.165) is 51.4 Å². The first-order valence-electron chi connectivity index (χ1n) is 27.5. The van der Waals surface area contributed by atoms with Crippen LogP contribution in [0.5, 0.6) is 0 Å². The molecule has 0 bridgehead atoms. The molecule has 0 aliphatic heterocycles. The van der Waals surface area contributed by atoms with E-state index in [-0.39, 0.29) is 25.2 Å². The van der Waals surface area contributed by atoms with E-state index in [9.17, 15) is 14.7 Å². The fourth-order valence-electron chi connectivity index (χ4n) is 8.23. The zero-order chi connectivity index (χ0) is 44.9. The first kappa shape index (κ1) is 60.1. The molecule has 0 heterocycles. The van der Waals surface area contributed by atoms with E-state index >= 15 is 0 Å². The molecule has 0 radical (unpaired) electrons. The molecule has 0 aromatic carbocycles. The van der Waals surface area contributed by atoms with Gasteiger partial charge in [0, 0.05) is 12.8 Å². The van der Waals surface area contributed by atoms with Gasteiger partial charge in [-0.15, -0.1) is 0 Å². The van der Waals surface area contributed by atoms with E-state index in [4.69, 9.17) is 9.47 Å². The zero-order valence-electron chi connectivity index (χ0n) is 41.6. The number of carbonyl (C=O) groups is 2. The highest BCUT2D eigenvalue weighted by Gasteiger charge is 2.16. The van der Waals surface area contributed by atoms with Crippen LogP contribution in [0.3, 0.4) is 0 Å². The van der Waals surface area contributed by atoms with Crippen molar-refractivity contribution >= 4 is 11.9 Å². The number of ether oxygens (including phenoxy) is 2. The Bertz CT molecular complexity index is 986. The molecule has 5 heteroatoms. The molecule has 1 atom stereocenters. The Kier molecular flexibility index (Phi) is 51.8. The Labute approximate surface area is 386 Å². The average molecular weight is 871 g/mol. The van der Waals surface area contributed by atoms with Crippen molar-refractivity contribution < 1.29 is 24.2 Å². The lowest BCUT2D eigenvalue weighted by Crippen LogP contribution is -2.28. The fraction of sp³-hybridized carbons (Fsp3) is 0.860. The molecular formula is C57H106O5. The van der Waals surface area contributed by atoms with Gasteiger partial charge < -0.3 is 14.6 Å². The van der Waals surface area contributed by atoms with Crippen LogP contribution in [0.4, 0.5) is 0 Å². The summed E-state index contributed by atoms with van der Waals surface area (Å²) in [5, 5.41) is 9.63. The smallest absolute Gasteiger partial charge is 0.306 e. The van der Waals surface area contributed by atoms with Crippen molar-refractivity contribution in [1.29, 1.82) is 0 Å². The summed E-state index contributed by atoms with van der Waals surface area (Å²) < 4.78 is 10.7. The van der Waals surface area contributed by atoms with Crippen molar-refractivity contribution in [3.63, 3.8) is 0 Å². The summed E-state index contributed by atoms with van der Waals surface area (Å²) in [4.78, 5) is 24.5. The Morgan fingerprint density at radius 3 is 1.00 bits per heavy atom. The maximum Gasteiger partial charge on any atom is 0.306 e. The lowest BCUT2D eigenvalue weighted by molar-refractivity contribution is -0.161. The van der Waals surface area contributed by atoms with E-state index in [2.05, 4.69) is 50.3 Å². The summed E-state index contributed by atoms with van der Waals surface area (Å²) in [5.41, 5.74) is 0. The van der Waals surface area contributed by atoms with Gasteiger partial charge in [-0.2, -0.15) is 0 Å². The molecule has 0 spiro atoms. The number of hydrogen-bond acceptors (Lipinski definition) is 5. The summed E-state index contributed by atoms with van der Waals surface area (Å²) in [6, 6.07) is 0. The molecule has 0 saturated heterocycles. The van der Waals surface area contributed by atoms with E-state index < -0.39 is 6.10 Å². The molecule has 0 amide bonds. The highest BCUT2D eigenvalue weighted by atomic mass is 16.6. The van der Waals surface area contributed by atoms with Gasteiger partial charge in [0.2, 0.25) is 0 Å². The first-order valence-corrected chi connectivity index (χ1v) is 27.5. The van der Waals surface area contributed by atoms with Crippen LogP contribution in [0.25, 0.3) is 0 Å². The molecule has 0 aliphatic carbocycles. The highest BCUT2D eigenvalue weighted by molar-refractivity contribution is 5.70. The molecule has 0 aliphatic rings. The van der Waals surface area contributed by atoms with Crippen LogP contribution < -0.4 is 0 Å². The van der Waals surface area contributed by atoms with Gasteiger partial charge in [-0.05, 0) is 70.6 Å². The minimum Gasteiger partial charge on any atom is -0.462 e. The SMILES string of the molecule is CCCCC/C=C\C/C=C\CCCCCCCCCC(=O)OC(CO)COC(=O)CCCCCCCCCCCCCCCCCCCCC/C=C\CCCCCCCCCC. The topological polar surface area (TPSA) is 72.8 Å². The average Bonchev–Trinajstić information content (AvgIpc) is 3.28. The number of rotatable bonds is 51. The lowest BCUT2D eigenvalue weighted by atomic mass is 10.0. The van der Waals surface area contributed by atoms with Gasteiger partial charge in [0.15, 0.2) is 6.10 Å². The molecule has 0 fully saturated rings. The number of allylic oxidation sites excluding steroid dienone is 6. The van der Waals surface area contributed by atoms with Crippen LogP contribution >= 0.6 is 0 Å². The largest absolute Gasteiger partial charge is 0.462 e. The standard InChI is InChI=1S/C57H106O5/c1-3-5-7-9-11-13-15-17-19-21-22-23-24-25-26-27-28-29-30-31-32-33-34-36-37-39-41-43-45-47-49-51-56(59)61-54-55(53-58)62-57(60)52-50-48-46-44-42-40-38-35-20-18-16-14-12-10-8-6-4-2/h12,14,18,20-22,55,58H,3-11,13,15-17,19,23-54H2,1-2H3/b14-12-,20-18-,22-21-. The normalized spacial score (nSPS) is 12.4. The van der Waals surface area contributed by atoms with Crippen LogP contribution in [0.2, 0.25) is 0 Å². The number of carbonyl (C=O) groups excluding carboxylic acids is 2. The highest BCUT2D eigenvalue weighted by Crippen LogP contribution is 2.17. The molecule has 0 aromatic rings. The maximum atomic E-state index is 12.2. The van der Waals surface area contributed by atoms with Crippen molar-refractivity contribution in [2.75, 3.05) is 13.2 Å². The van der Waals surface area contributed by atoms with Gasteiger partial charge in [-0.3, -0.25) is 9.59 Å². The van der Waals surface area contributed by atoms with Crippen LogP contribution in [-0.2, 0) is 19.1 Å². The van der Waals surface area contributed by atoms with Crippen molar-refractivity contribution in [1.82, 2.24) is 0 Å². The van der Waals surface area contributed by atoms with Crippen LogP contribution in [-0.4, -0.2) is 36.4 Å². The zero-order valence-corrected chi connectivity index (χ0v) is 41.6. The quantitative estimate of drug-likeness (QED) is 0.0374. The van der Waals surface area contributed by atoms with Gasteiger partial charge in [-0.25, -0.2) is 0 Å². The third kappa shape index (κ3) is 50.8. The minimum absolute atomic E-state index is 0.0654. The fourth-order valence-corrected chi connectivity index (χ4v) is 8.23. The van der Waals surface area contributed by atoms with Crippen molar-refractivity contribution in [3.8, 4) is 0 Å². The number of aliphatic hydroxyl groups excluding tert-OH is 1. The maximum absolute atomic E-state index is 12.2. The van der Waals surface area contributed by atoms with E-state index in [0.29, 0.717) is 12.8 Å². The lowest BCUT2D eigenvalue weighted by Gasteiger charge is -2.15. The molecular weight excluding hydrogens is 765 g/mol. The van der Waals surface area contributed by atoms with Crippen LogP contribution in [0, 0.1) is 0 Å². The molecule has 0 aromatic heterocycles. The van der Waals surface area contributed by atoms with Crippen molar-refractivity contribution in [3.05, 3.63) is 36.5 Å². The number of aliphatic hydroxyl groups is 1. The predicted octanol–water partition coefficient (Wildman–Crippen LogP) is 18.3. The first-order chi connectivity index (χ1) is 30.6.